The van der Waals surface area contributed by atoms with Gasteiger partial charge in [0.15, 0.2) is 0 Å². The maximum atomic E-state index is 3.85. The Morgan fingerprint density at radius 2 is 1.79 bits per heavy atom. The molecule has 102 valence electrons. The molecule has 0 aromatic carbocycles. The van der Waals surface area contributed by atoms with E-state index in [-0.39, 0.29) is 0 Å². The predicted molar refractivity (Wildman–Crippen MR) is 75.0 cm³/mol. The summed E-state index contributed by atoms with van der Waals surface area (Å²) in [7, 11) is 0. The summed E-state index contributed by atoms with van der Waals surface area (Å²) in [6.07, 6.45) is 13.3. The summed E-state index contributed by atoms with van der Waals surface area (Å²) in [5.74, 6) is 1.35. The van der Waals surface area contributed by atoms with Crippen molar-refractivity contribution in [3.8, 4) is 0 Å². The molecule has 2 rings (SSSR count). The number of hydrogen-bond donors (Lipinski definition) is 0. The van der Waals surface area contributed by atoms with Crippen LogP contribution in [-0.4, -0.2) is 11.4 Å². The van der Waals surface area contributed by atoms with Crippen molar-refractivity contribution in [2.24, 2.45) is 26.6 Å². The topological polar surface area (TPSA) is 52.7 Å². The van der Waals surface area contributed by atoms with Crippen LogP contribution in [0.3, 0.4) is 0 Å². The zero-order valence-corrected chi connectivity index (χ0v) is 11.7. The molecule has 0 fully saturated rings. The van der Waals surface area contributed by atoms with Crippen molar-refractivity contribution in [1.29, 1.82) is 0 Å². The fraction of sp³-hybridized carbons (Fsp3) is 0.571. The summed E-state index contributed by atoms with van der Waals surface area (Å²) >= 11 is 0. The number of allylic oxidation sites excluding steroid dienone is 3. The van der Waals surface area contributed by atoms with Crippen LogP contribution in [0.25, 0.3) is 0 Å². The van der Waals surface area contributed by atoms with Gasteiger partial charge in [-0.25, -0.2) is 0 Å². The van der Waals surface area contributed by atoms with Gasteiger partial charge < -0.3 is 4.90 Å². The summed E-state index contributed by atoms with van der Waals surface area (Å²) in [5.41, 5.74) is 0.961. The smallest absolute Gasteiger partial charge is 0.207 e. The Balaban J connectivity index is 1.90. The molecule has 0 aromatic rings. The van der Waals surface area contributed by atoms with E-state index in [9.17, 15) is 0 Å². The van der Waals surface area contributed by atoms with E-state index < -0.39 is 0 Å². The van der Waals surface area contributed by atoms with Gasteiger partial charge in [0.1, 0.15) is 0 Å². The largest absolute Gasteiger partial charge is 0.354 e. The first-order valence-corrected chi connectivity index (χ1v) is 7.01. The molecule has 0 spiro atoms. The molecule has 0 bridgehead atoms. The van der Waals surface area contributed by atoms with Gasteiger partial charge in [0.2, 0.25) is 5.82 Å². The molecule has 5 heteroatoms. The van der Waals surface area contributed by atoms with E-state index in [4.69, 9.17) is 0 Å². The predicted octanol–water partition coefficient (Wildman–Crippen LogP) is 4.59. The first-order chi connectivity index (χ1) is 9.33. The van der Waals surface area contributed by atoms with Crippen molar-refractivity contribution < 1.29 is 0 Å². The van der Waals surface area contributed by atoms with Gasteiger partial charge in [-0.1, -0.05) is 33.1 Å². The molecular formula is C14H21N5. The van der Waals surface area contributed by atoms with E-state index in [1.807, 2.05) is 12.2 Å². The molecule has 2 aliphatic rings. The zero-order valence-electron chi connectivity index (χ0n) is 11.7. The second-order valence-corrected chi connectivity index (χ2v) is 4.90. The quantitative estimate of drug-likeness (QED) is 0.688. The van der Waals surface area contributed by atoms with Gasteiger partial charge in [0.25, 0.3) is 0 Å². The van der Waals surface area contributed by atoms with Gasteiger partial charge in [-0.15, -0.1) is 10.2 Å². The Morgan fingerprint density at radius 3 is 2.37 bits per heavy atom. The van der Waals surface area contributed by atoms with Gasteiger partial charge in [0, 0.05) is 24.5 Å². The number of nitrogens with zero attached hydrogens (tertiary/aromatic N) is 5. The summed E-state index contributed by atoms with van der Waals surface area (Å²) in [6.45, 7) is 5.59. The van der Waals surface area contributed by atoms with Crippen LogP contribution >= 0.6 is 0 Å². The SMILES string of the molecule is CCCCC(CC)CN1C=CC(=C2N=NN=N2)C=C1. The lowest BCUT2D eigenvalue weighted by molar-refractivity contribution is 0.346. The Bertz CT molecular complexity index is 415. The lowest BCUT2D eigenvalue weighted by atomic mass is 9.98. The molecule has 0 N–H and O–H groups in total. The summed E-state index contributed by atoms with van der Waals surface area (Å²) < 4.78 is 0. The van der Waals surface area contributed by atoms with Crippen molar-refractivity contribution >= 4 is 0 Å². The highest BCUT2D eigenvalue weighted by Gasteiger charge is 2.12. The van der Waals surface area contributed by atoms with Crippen LogP contribution in [-0.2, 0) is 0 Å². The highest BCUT2D eigenvalue weighted by molar-refractivity contribution is 5.37. The van der Waals surface area contributed by atoms with Crippen LogP contribution in [0.15, 0.2) is 56.6 Å². The molecule has 0 amide bonds. The number of hydrogen-bond acceptors (Lipinski definition) is 5. The van der Waals surface area contributed by atoms with E-state index in [0.29, 0.717) is 5.82 Å². The maximum Gasteiger partial charge on any atom is 0.207 e. The van der Waals surface area contributed by atoms with E-state index in [2.05, 4.69) is 51.8 Å². The monoisotopic (exact) mass is 259 g/mol. The van der Waals surface area contributed by atoms with E-state index in [1.165, 1.54) is 25.7 Å². The van der Waals surface area contributed by atoms with Crippen molar-refractivity contribution in [1.82, 2.24) is 4.90 Å². The van der Waals surface area contributed by atoms with Gasteiger partial charge >= 0.3 is 0 Å². The van der Waals surface area contributed by atoms with E-state index in [0.717, 1.165) is 18.0 Å². The summed E-state index contributed by atoms with van der Waals surface area (Å²) in [4.78, 5) is 2.23. The average molecular weight is 259 g/mol. The van der Waals surface area contributed by atoms with Gasteiger partial charge in [-0.3, -0.25) is 0 Å². The molecule has 0 radical (unpaired) electrons. The Kier molecular flexibility index (Phi) is 5.01. The molecule has 5 nitrogen and oxygen atoms in total. The third kappa shape index (κ3) is 3.84. The van der Waals surface area contributed by atoms with Crippen LogP contribution in [0.1, 0.15) is 39.5 Å². The van der Waals surface area contributed by atoms with E-state index >= 15 is 0 Å². The standard InChI is InChI=1S/C14H21N5/c1-3-5-6-12(4-2)11-19-9-7-13(8-10-19)14-15-17-18-16-14/h7-10,12H,3-6,11H2,1-2H3. The van der Waals surface area contributed by atoms with Crippen LogP contribution in [0.2, 0.25) is 0 Å². The molecule has 0 saturated heterocycles. The molecule has 0 aliphatic carbocycles. The third-order valence-corrected chi connectivity index (χ3v) is 3.48. The second-order valence-electron chi connectivity index (χ2n) is 4.90. The zero-order chi connectivity index (χ0) is 13.5. The highest BCUT2D eigenvalue weighted by atomic mass is 15.5. The van der Waals surface area contributed by atoms with Gasteiger partial charge in [-0.2, -0.15) is 0 Å². The highest BCUT2D eigenvalue weighted by Crippen LogP contribution is 2.21. The lowest BCUT2D eigenvalue weighted by Crippen LogP contribution is -2.21. The van der Waals surface area contributed by atoms with Crippen molar-refractivity contribution in [2.75, 3.05) is 6.54 Å². The molecular weight excluding hydrogens is 238 g/mol. The summed E-state index contributed by atoms with van der Waals surface area (Å²) in [5, 5.41) is 14.7. The molecule has 1 unspecified atom stereocenters. The molecule has 19 heavy (non-hydrogen) atoms. The van der Waals surface area contributed by atoms with Crippen molar-refractivity contribution in [2.45, 2.75) is 39.5 Å². The molecule has 2 aliphatic heterocycles. The number of unbranched alkanes of at least 4 members (excludes halogenated alkanes) is 1. The normalized spacial score (nSPS) is 18.7. The minimum atomic E-state index is 0.588. The fourth-order valence-corrected chi connectivity index (χ4v) is 2.20. The Hall–Kier alpha value is -1.78. The first kappa shape index (κ1) is 13.6. The van der Waals surface area contributed by atoms with Crippen LogP contribution in [0.5, 0.6) is 0 Å². The molecule has 1 atom stereocenters. The van der Waals surface area contributed by atoms with Gasteiger partial charge in [-0.05, 0) is 34.9 Å². The average Bonchev–Trinajstić information content (AvgIpc) is 2.98. The minimum Gasteiger partial charge on any atom is -0.354 e. The van der Waals surface area contributed by atoms with Crippen LogP contribution < -0.4 is 0 Å². The van der Waals surface area contributed by atoms with Crippen molar-refractivity contribution in [3.63, 3.8) is 0 Å². The molecule has 0 saturated carbocycles. The first-order valence-electron chi connectivity index (χ1n) is 7.01. The Morgan fingerprint density at radius 1 is 1.11 bits per heavy atom. The molecule has 0 aromatic heterocycles. The third-order valence-electron chi connectivity index (χ3n) is 3.48. The van der Waals surface area contributed by atoms with Crippen LogP contribution in [0, 0.1) is 5.92 Å². The van der Waals surface area contributed by atoms with Crippen LogP contribution in [0.4, 0.5) is 0 Å². The minimum absolute atomic E-state index is 0.588. The number of rotatable bonds is 6. The Labute approximate surface area is 114 Å². The maximum absolute atomic E-state index is 3.85. The fourth-order valence-electron chi connectivity index (χ4n) is 2.20. The summed E-state index contributed by atoms with van der Waals surface area (Å²) in [6, 6.07) is 0. The van der Waals surface area contributed by atoms with Crippen molar-refractivity contribution in [3.05, 3.63) is 35.9 Å². The second kappa shape index (κ2) is 6.97. The molecule has 2 heterocycles. The van der Waals surface area contributed by atoms with Gasteiger partial charge in [0.05, 0.1) is 0 Å². The lowest BCUT2D eigenvalue weighted by Gasteiger charge is -2.24. The van der Waals surface area contributed by atoms with E-state index in [1.54, 1.807) is 0 Å².